The third-order valence-corrected chi connectivity index (χ3v) is 5.09. The maximum Gasteiger partial charge on any atom is 0.243 e. The van der Waals surface area contributed by atoms with Crippen LogP contribution in [0.5, 0.6) is 0 Å². The van der Waals surface area contributed by atoms with Crippen molar-refractivity contribution in [2.75, 3.05) is 7.11 Å². The SMILES string of the molecule is COC1(c2noc(C(N)C3CCCCC3)n2)CCCC1. The van der Waals surface area contributed by atoms with Crippen molar-refractivity contribution in [2.24, 2.45) is 11.7 Å². The van der Waals surface area contributed by atoms with Crippen LogP contribution in [0.4, 0.5) is 0 Å². The van der Waals surface area contributed by atoms with Crippen LogP contribution in [0.1, 0.15) is 75.5 Å². The van der Waals surface area contributed by atoms with Crippen molar-refractivity contribution in [3.63, 3.8) is 0 Å². The molecule has 0 saturated heterocycles. The third kappa shape index (κ3) is 2.49. The Kier molecular flexibility index (Phi) is 4.08. The van der Waals surface area contributed by atoms with E-state index in [1.807, 2.05) is 0 Å². The van der Waals surface area contributed by atoms with E-state index in [4.69, 9.17) is 15.0 Å². The molecule has 3 rings (SSSR count). The number of ether oxygens (including phenoxy) is 1. The second kappa shape index (κ2) is 5.82. The maximum atomic E-state index is 6.33. The number of nitrogens with two attached hydrogens (primary N) is 1. The molecule has 0 amide bonds. The molecule has 1 heterocycles. The Bertz CT molecular complexity index is 434. The molecule has 0 bridgehead atoms. The predicted octanol–water partition coefficient (Wildman–Crippen LogP) is 3.07. The van der Waals surface area contributed by atoms with Crippen molar-refractivity contribution in [1.29, 1.82) is 0 Å². The largest absolute Gasteiger partial charge is 0.370 e. The highest BCUT2D eigenvalue weighted by molar-refractivity contribution is 5.06. The summed E-state index contributed by atoms with van der Waals surface area (Å²) in [7, 11) is 1.74. The lowest BCUT2D eigenvalue weighted by atomic mass is 9.84. The molecule has 0 radical (unpaired) electrons. The highest BCUT2D eigenvalue weighted by Gasteiger charge is 2.41. The number of nitrogens with zero attached hydrogens (tertiary/aromatic N) is 2. The van der Waals surface area contributed by atoms with Gasteiger partial charge in [-0.2, -0.15) is 4.98 Å². The molecule has 5 nitrogen and oxygen atoms in total. The van der Waals surface area contributed by atoms with Gasteiger partial charge in [-0.25, -0.2) is 0 Å². The molecule has 1 aromatic rings. The monoisotopic (exact) mass is 279 g/mol. The smallest absolute Gasteiger partial charge is 0.243 e. The second-order valence-corrected chi connectivity index (χ2v) is 6.29. The Morgan fingerprint density at radius 1 is 1.20 bits per heavy atom. The molecule has 2 aliphatic carbocycles. The summed E-state index contributed by atoms with van der Waals surface area (Å²) >= 11 is 0. The van der Waals surface area contributed by atoms with Gasteiger partial charge < -0.3 is 15.0 Å². The van der Waals surface area contributed by atoms with Crippen LogP contribution >= 0.6 is 0 Å². The van der Waals surface area contributed by atoms with E-state index in [0.29, 0.717) is 17.6 Å². The minimum Gasteiger partial charge on any atom is -0.370 e. The number of methoxy groups -OCH3 is 1. The minimum absolute atomic E-state index is 0.119. The molecule has 2 aliphatic rings. The molecule has 2 fully saturated rings. The zero-order valence-electron chi connectivity index (χ0n) is 12.3. The molecule has 2 N–H and O–H groups in total. The first-order valence-corrected chi connectivity index (χ1v) is 7.90. The van der Waals surface area contributed by atoms with Crippen LogP contribution in [0.15, 0.2) is 4.52 Å². The maximum absolute atomic E-state index is 6.33. The Labute approximate surface area is 120 Å². The molecule has 1 aromatic heterocycles. The quantitative estimate of drug-likeness (QED) is 0.916. The Balaban J connectivity index is 1.75. The van der Waals surface area contributed by atoms with Crippen molar-refractivity contribution >= 4 is 0 Å². The lowest BCUT2D eigenvalue weighted by Crippen LogP contribution is -2.27. The third-order valence-electron chi connectivity index (χ3n) is 5.09. The van der Waals surface area contributed by atoms with Crippen LogP contribution in [0.3, 0.4) is 0 Å². The van der Waals surface area contributed by atoms with Gasteiger partial charge in [-0.05, 0) is 44.4 Å². The summed E-state index contributed by atoms with van der Waals surface area (Å²) in [5, 5.41) is 4.17. The molecule has 0 spiro atoms. The van der Waals surface area contributed by atoms with Crippen LogP contribution in [0.2, 0.25) is 0 Å². The average molecular weight is 279 g/mol. The number of rotatable bonds is 4. The van der Waals surface area contributed by atoms with Crippen molar-refractivity contribution in [3.8, 4) is 0 Å². The van der Waals surface area contributed by atoms with Gasteiger partial charge in [-0.15, -0.1) is 0 Å². The Morgan fingerprint density at radius 3 is 2.55 bits per heavy atom. The molecular formula is C15H25N3O2. The van der Waals surface area contributed by atoms with Gasteiger partial charge in [0.15, 0.2) is 0 Å². The summed E-state index contributed by atoms with van der Waals surface area (Å²) < 4.78 is 11.2. The lowest BCUT2D eigenvalue weighted by Gasteiger charge is -2.25. The summed E-state index contributed by atoms with van der Waals surface area (Å²) in [5.74, 6) is 1.77. The van der Waals surface area contributed by atoms with Gasteiger partial charge in [0.25, 0.3) is 0 Å². The van der Waals surface area contributed by atoms with Gasteiger partial charge in [-0.3, -0.25) is 0 Å². The van der Waals surface area contributed by atoms with E-state index in [1.165, 1.54) is 32.1 Å². The van der Waals surface area contributed by atoms with Crippen molar-refractivity contribution in [3.05, 3.63) is 11.7 Å². The second-order valence-electron chi connectivity index (χ2n) is 6.29. The predicted molar refractivity (Wildman–Crippen MR) is 75.0 cm³/mol. The first-order valence-electron chi connectivity index (χ1n) is 7.90. The number of hydrogen-bond donors (Lipinski definition) is 1. The molecule has 1 atom stereocenters. The molecule has 1 unspecified atom stereocenters. The van der Waals surface area contributed by atoms with Crippen molar-refractivity contribution in [2.45, 2.75) is 69.4 Å². The van der Waals surface area contributed by atoms with E-state index < -0.39 is 0 Å². The van der Waals surface area contributed by atoms with Crippen LogP contribution < -0.4 is 5.73 Å². The zero-order valence-corrected chi connectivity index (χ0v) is 12.3. The molecule has 0 aromatic carbocycles. The number of aromatic nitrogens is 2. The van der Waals surface area contributed by atoms with E-state index in [0.717, 1.165) is 25.7 Å². The van der Waals surface area contributed by atoms with E-state index in [1.54, 1.807) is 7.11 Å². The Morgan fingerprint density at radius 2 is 1.90 bits per heavy atom. The van der Waals surface area contributed by atoms with Crippen LogP contribution in [0, 0.1) is 5.92 Å². The van der Waals surface area contributed by atoms with E-state index in [2.05, 4.69) is 10.1 Å². The fourth-order valence-corrected chi connectivity index (χ4v) is 3.72. The summed E-state index contributed by atoms with van der Waals surface area (Å²) in [6.07, 6.45) is 10.5. The molecule has 2 saturated carbocycles. The highest BCUT2D eigenvalue weighted by Crippen LogP contribution is 2.41. The van der Waals surface area contributed by atoms with Crippen LogP contribution in [0.25, 0.3) is 0 Å². The average Bonchev–Trinajstić information content (AvgIpc) is 3.17. The molecular weight excluding hydrogens is 254 g/mol. The molecule has 20 heavy (non-hydrogen) atoms. The molecule has 112 valence electrons. The topological polar surface area (TPSA) is 74.2 Å². The van der Waals surface area contributed by atoms with Gasteiger partial charge in [0, 0.05) is 7.11 Å². The van der Waals surface area contributed by atoms with Gasteiger partial charge >= 0.3 is 0 Å². The van der Waals surface area contributed by atoms with Gasteiger partial charge in [0.05, 0.1) is 6.04 Å². The van der Waals surface area contributed by atoms with Gasteiger partial charge in [0.1, 0.15) is 5.60 Å². The van der Waals surface area contributed by atoms with E-state index in [-0.39, 0.29) is 11.6 Å². The van der Waals surface area contributed by atoms with Crippen LogP contribution in [-0.4, -0.2) is 17.3 Å². The first kappa shape index (κ1) is 14.0. The molecule has 5 heteroatoms. The lowest BCUT2D eigenvalue weighted by molar-refractivity contribution is -0.0178. The summed E-state index contributed by atoms with van der Waals surface area (Å²) in [5.41, 5.74) is 5.99. The minimum atomic E-state index is -0.339. The highest BCUT2D eigenvalue weighted by atomic mass is 16.5. The van der Waals surface area contributed by atoms with Gasteiger partial charge in [0.2, 0.25) is 11.7 Å². The Hall–Kier alpha value is -0.940. The summed E-state index contributed by atoms with van der Waals surface area (Å²) in [6, 6.07) is -0.119. The normalized spacial score (nSPS) is 24.9. The zero-order chi connectivity index (χ0) is 14.0. The van der Waals surface area contributed by atoms with Gasteiger partial charge in [-0.1, -0.05) is 24.4 Å². The molecule has 0 aliphatic heterocycles. The summed E-state index contributed by atoms with van der Waals surface area (Å²) in [4.78, 5) is 4.58. The van der Waals surface area contributed by atoms with E-state index >= 15 is 0 Å². The fraction of sp³-hybridized carbons (Fsp3) is 0.867. The summed E-state index contributed by atoms with van der Waals surface area (Å²) in [6.45, 7) is 0. The van der Waals surface area contributed by atoms with Crippen LogP contribution in [-0.2, 0) is 10.3 Å². The van der Waals surface area contributed by atoms with Crippen molar-refractivity contribution < 1.29 is 9.26 Å². The fourth-order valence-electron chi connectivity index (χ4n) is 3.72. The van der Waals surface area contributed by atoms with Crippen molar-refractivity contribution in [1.82, 2.24) is 10.1 Å². The standard InChI is InChI=1S/C15H25N3O2/c1-19-15(9-5-6-10-15)14-17-13(20-18-14)12(16)11-7-3-2-4-8-11/h11-12H,2-10,16H2,1H3. The number of hydrogen-bond acceptors (Lipinski definition) is 5. The first-order chi connectivity index (χ1) is 9.75. The van der Waals surface area contributed by atoms with E-state index in [9.17, 15) is 0 Å².